The Morgan fingerprint density at radius 1 is 1.20 bits per heavy atom. The van der Waals surface area contributed by atoms with Gasteiger partial charge in [-0.25, -0.2) is 8.78 Å². The number of hydrazone groups is 1. The van der Waals surface area contributed by atoms with E-state index in [1.807, 2.05) is 6.07 Å². The van der Waals surface area contributed by atoms with Gasteiger partial charge in [0.15, 0.2) is 5.84 Å². The largest absolute Gasteiger partial charge is 0.382 e. The number of pyridine rings is 1. The first-order valence-electron chi connectivity index (χ1n) is 9.91. The Hall–Kier alpha value is -2.45. The second-order valence-corrected chi connectivity index (χ2v) is 8.34. The first-order chi connectivity index (χ1) is 14.3. The summed E-state index contributed by atoms with van der Waals surface area (Å²) in [5, 5.41) is 3.83. The fourth-order valence-electron chi connectivity index (χ4n) is 3.72. The van der Waals surface area contributed by atoms with Crippen molar-refractivity contribution in [2.75, 3.05) is 31.1 Å². The minimum atomic E-state index is -0.455. The summed E-state index contributed by atoms with van der Waals surface area (Å²) in [6.45, 7) is 7.45. The third-order valence-corrected chi connectivity index (χ3v) is 5.47. The summed E-state index contributed by atoms with van der Waals surface area (Å²) in [4.78, 5) is 8.36. The van der Waals surface area contributed by atoms with E-state index in [0.29, 0.717) is 55.0 Å². The maximum absolute atomic E-state index is 14.9. The van der Waals surface area contributed by atoms with Gasteiger partial charge in [-0.05, 0) is 36.1 Å². The summed E-state index contributed by atoms with van der Waals surface area (Å²) in [5.41, 5.74) is 8.40. The van der Waals surface area contributed by atoms with Crippen molar-refractivity contribution < 1.29 is 8.78 Å². The lowest BCUT2D eigenvalue weighted by atomic mass is 9.98. The highest BCUT2D eigenvalue weighted by molar-refractivity contribution is 6.31. The number of benzene rings is 1. The summed E-state index contributed by atoms with van der Waals surface area (Å²) >= 11 is 6.10. The molecule has 4 N–H and O–H groups in total. The number of hydrogen-bond donors (Lipinski definition) is 2. The Morgan fingerprint density at radius 3 is 2.50 bits per heavy atom. The number of nitrogens with two attached hydrogens (primary N) is 2. The van der Waals surface area contributed by atoms with Crippen LogP contribution in [-0.4, -0.2) is 41.9 Å². The van der Waals surface area contributed by atoms with Gasteiger partial charge < -0.3 is 16.5 Å². The quantitative estimate of drug-likeness (QED) is 0.314. The van der Waals surface area contributed by atoms with Gasteiger partial charge in [0.25, 0.3) is 0 Å². The van der Waals surface area contributed by atoms with Gasteiger partial charge in [-0.1, -0.05) is 25.4 Å². The normalized spacial score (nSPS) is 15.8. The first kappa shape index (κ1) is 22.2. The zero-order chi connectivity index (χ0) is 21.8. The summed E-state index contributed by atoms with van der Waals surface area (Å²) in [6, 6.07) is 4.75. The molecule has 0 bridgehead atoms. The van der Waals surface area contributed by atoms with E-state index >= 15 is 0 Å². The zero-order valence-electron chi connectivity index (χ0n) is 17.2. The SMILES string of the molecule is CC(C)Cc1cc(F)c(/C(N)=N/N)c(N2CCN(Cc3ncc(F)cc3Cl)CC2)c1. The smallest absolute Gasteiger partial charge is 0.155 e. The Labute approximate surface area is 180 Å². The van der Waals surface area contributed by atoms with Crippen molar-refractivity contribution in [2.45, 2.75) is 26.8 Å². The second kappa shape index (κ2) is 9.57. The van der Waals surface area contributed by atoms with Crippen molar-refractivity contribution >= 4 is 23.1 Å². The Bertz CT molecular complexity index is 926. The van der Waals surface area contributed by atoms with E-state index in [9.17, 15) is 8.78 Å². The molecule has 1 saturated heterocycles. The van der Waals surface area contributed by atoms with E-state index in [2.05, 4.69) is 33.7 Å². The van der Waals surface area contributed by atoms with Crippen LogP contribution >= 0.6 is 11.6 Å². The van der Waals surface area contributed by atoms with Gasteiger partial charge in [0.05, 0.1) is 28.2 Å². The van der Waals surface area contributed by atoms with E-state index in [1.165, 1.54) is 18.3 Å². The molecule has 1 aromatic heterocycles. The predicted octanol–water partition coefficient (Wildman–Crippen LogP) is 3.11. The van der Waals surface area contributed by atoms with Gasteiger partial charge in [0, 0.05) is 32.7 Å². The van der Waals surface area contributed by atoms with Crippen LogP contribution in [0.2, 0.25) is 5.02 Å². The molecule has 2 heterocycles. The molecule has 30 heavy (non-hydrogen) atoms. The monoisotopic (exact) mass is 436 g/mol. The first-order valence-corrected chi connectivity index (χ1v) is 10.3. The second-order valence-electron chi connectivity index (χ2n) is 7.93. The predicted molar refractivity (Wildman–Crippen MR) is 117 cm³/mol. The minimum Gasteiger partial charge on any atom is -0.382 e. The zero-order valence-corrected chi connectivity index (χ0v) is 18.0. The van der Waals surface area contributed by atoms with Crippen LogP contribution in [0.5, 0.6) is 0 Å². The molecule has 162 valence electrons. The molecule has 0 amide bonds. The Morgan fingerprint density at radius 2 is 1.90 bits per heavy atom. The van der Waals surface area contributed by atoms with Gasteiger partial charge in [-0.2, -0.15) is 5.10 Å². The maximum Gasteiger partial charge on any atom is 0.155 e. The standard InChI is InChI=1S/C21H27ClF2N6/c1-13(2)7-14-8-17(24)20(21(25)28-26)19(9-14)30-5-3-29(4-6-30)12-18-16(22)10-15(23)11-27-18/h8-11,13H,3-7,12,26H2,1-2H3,(H2,25,28). The van der Waals surface area contributed by atoms with Crippen molar-refractivity contribution in [3.05, 3.63) is 57.9 Å². The van der Waals surface area contributed by atoms with E-state index in [4.69, 9.17) is 23.2 Å². The lowest BCUT2D eigenvalue weighted by Crippen LogP contribution is -2.46. The number of halogens is 3. The van der Waals surface area contributed by atoms with Crippen LogP contribution in [0, 0.1) is 17.6 Å². The highest BCUT2D eigenvalue weighted by atomic mass is 35.5. The van der Waals surface area contributed by atoms with E-state index < -0.39 is 11.6 Å². The minimum absolute atomic E-state index is 0.0247. The molecule has 3 rings (SSSR count). The fraction of sp³-hybridized carbons (Fsp3) is 0.429. The summed E-state index contributed by atoms with van der Waals surface area (Å²) in [6.07, 6.45) is 1.93. The van der Waals surface area contributed by atoms with Crippen molar-refractivity contribution in [2.24, 2.45) is 22.6 Å². The van der Waals surface area contributed by atoms with Crippen LogP contribution in [0.1, 0.15) is 30.7 Å². The molecule has 1 aromatic carbocycles. The van der Waals surface area contributed by atoms with Crippen molar-refractivity contribution in [1.82, 2.24) is 9.88 Å². The van der Waals surface area contributed by atoms with Crippen LogP contribution in [0.4, 0.5) is 14.5 Å². The number of nitrogens with zero attached hydrogens (tertiary/aromatic N) is 4. The molecule has 1 fully saturated rings. The molecular formula is C21H27ClF2N6. The van der Waals surface area contributed by atoms with Crippen LogP contribution in [-0.2, 0) is 13.0 Å². The number of rotatable bonds is 6. The molecule has 1 aliphatic rings. The molecule has 0 aliphatic carbocycles. The summed E-state index contributed by atoms with van der Waals surface area (Å²) in [5.74, 6) is 4.85. The molecule has 0 radical (unpaired) electrons. The maximum atomic E-state index is 14.9. The van der Waals surface area contributed by atoms with E-state index in [1.54, 1.807) is 0 Å². The van der Waals surface area contributed by atoms with Gasteiger partial charge in [-0.15, -0.1) is 0 Å². The summed E-state index contributed by atoms with van der Waals surface area (Å²) in [7, 11) is 0. The van der Waals surface area contributed by atoms with Crippen LogP contribution < -0.4 is 16.5 Å². The Kier molecular flexibility index (Phi) is 7.10. The van der Waals surface area contributed by atoms with Crippen molar-refractivity contribution in [1.29, 1.82) is 0 Å². The third-order valence-electron chi connectivity index (χ3n) is 5.14. The van der Waals surface area contributed by atoms with Crippen LogP contribution in [0.3, 0.4) is 0 Å². The highest BCUT2D eigenvalue weighted by Gasteiger charge is 2.24. The van der Waals surface area contributed by atoms with Gasteiger partial charge in [0.1, 0.15) is 11.6 Å². The number of aromatic nitrogens is 1. The average molecular weight is 437 g/mol. The Balaban J connectivity index is 1.78. The fourth-order valence-corrected chi connectivity index (χ4v) is 3.93. The van der Waals surface area contributed by atoms with Gasteiger partial charge in [0.2, 0.25) is 0 Å². The van der Waals surface area contributed by atoms with E-state index in [0.717, 1.165) is 12.0 Å². The van der Waals surface area contributed by atoms with Crippen LogP contribution in [0.15, 0.2) is 29.5 Å². The molecular weight excluding hydrogens is 410 g/mol. The van der Waals surface area contributed by atoms with E-state index in [-0.39, 0.29) is 11.4 Å². The molecule has 6 nitrogen and oxygen atoms in total. The lowest BCUT2D eigenvalue weighted by molar-refractivity contribution is 0.247. The number of piperazine rings is 1. The molecule has 1 aliphatic heterocycles. The molecule has 0 unspecified atom stereocenters. The molecule has 0 spiro atoms. The van der Waals surface area contributed by atoms with Gasteiger partial charge >= 0.3 is 0 Å². The molecule has 2 aromatic rings. The highest BCUT2D eigenvalue weighted by Crippen LogP contribution is 2.28. The number of hydrogen-bond acceptors (Lipinski definition) is 5. The number of amidine groups is 1. The average Bonchev–Trinajstić information content (AvgIpc) is 2.69. The van der Waals surface area contributed by atoms with Crippen molar-refractivity contribution in [3.63, 3.8) is 0 Å². The molecule has 9 heteroatoms. The number of anilines is 1. The summed E-state index contributed by atoms with van der Waals surface area (Å²) < 4.78 is 28.1. The lowest BCUT2D eigenvalue weighted by Gasteiger charge is -2.37. The van der Waals surface area contributed by atoms with Gasteiger partial charge in [-0.3, -0.25) is 9.88 Å². The van der Waals surface area contributed by atoms with Crippen molar-refractivity contribution in [3.8, 4) is 0 Å². The molecule has 0 saturated carbocycles. The topological polar surface area (TPSA) is 83.8 Å². The third kappa shape index (κ3) is 5.17. The van der Waals surface area contributed by atoms with Crippen LogP contribution in [0.25, 0.3) is 0 Å². The molecule has 0 atom stereocenters.